The summed E-state index contributed by atoms with van der Waals surface area (Å²) in [7, 11) is 0. The first-order chi connectivity index (χ1) is 6.02. The second-order valence-corrected chi connectivity index (χ2v) is 2.76. The molecule has 0 aromatic heterocycles. The van der Waals surface area contributed by atoms with Crippen molar-refractivity contribution < 1.29 is 20.1 Å². The van der Waals surface area contributed by atoms with Crippen molar-refractivity contribution in [2.75, 3.05) is 0 Å². The van der Waals surface area contributed by atoms with E-state index in [1.54, 1.807) is 0 Å². The Bertz CT molecular complexity index is 332. The summed E-state index contributed by atoms with van der Waals surface area (Å²) in [5.41, 5.74) is 0.266. The zero-order chi connectivity index (χ0) is 10.0. The first kappa shape index (κ1) is 9.54. The topological polar surface area (TPSA) is 77.8 Å². The van der Waals surface area contributed by atoms with Crippen LogP contribution in [-0.2, 0) is 4.79 Å². The lowest BCUT2D eigenvalue weighted by atomic mass is 10.1. The van der Waals surface area contributed by atoms with E-state index >= 15 is 0 Å². The van der Waals surface area contributed by atoms with Gasteiger partial charge in [0, 0.05) is 0 Å². The van der Waals surface area contributed by atoms with Gasteiger partial charge in [-0.25, -0.2) is 0 Å². The van der Waals surface area contributed by atoms with E-state index in [0.29, 0.717) is 0 Å². The Morgan fingerprint density at radius 3 is 2.38 bits per heavy atom. The average Bonchev–Trinajstić information content (AvgIpc) is 2.08. The van der Waals surface area contributed by atoms with Crippen LogP contribution in [0.15, 0.2) is 18.2 Å². The minimum absolute atomic E-state index is 0.266. The molecule has 0 heterocycles. The summed E-state index contributed by atoms with van der Waals surface area (Å²) >= 11 is 0. The Morgan fingerprint density at radius 2 is 1.92 bits per heavy atom. The predicted octanol–water partition coefficient (Wildman–Crippen LogP) is 0.720. The molecular formula is C9H10O4. The minimum atomic E-state index is -1.24. The molecule has 1 aromatic carbocycles. The summed E-state index contributed by atoms with van der Waals surface area (Å²) in [6, 6.07) is 3.75. The molecule has 0 aliphatic rings. The second-order valence-electron chi connectivity index (χ2n) is 2.76. The Morgan fingerprint density at radius 1 is 1.31 bits per heavy atom. The van der Waals surface area contributed by atoms with E-state index in [0.717, 1.165) is 6.07 Å². The first-order valence-corrected chi connectivity index (χ1v) is 3.72. The van der Waals surface area contributed by atoms with Crippen LogP contribution in [0.1, 0.15) is 18.6 Å². The summed E-state index contributed by atoms with van der Waals surface area (Å²) in [5, 5.41) is 27.3. The van der Waals surface area contributed by atoms with E-state index in [2.05, 4.69) is 0 Å². The molecule has 0 saturated carbocycles. The van der Waals surface area contributed by atoms with Gasteiger partial charge in [-0.3, -0.25) is 4.79 Å². The zero-order valence-corrected chi connectivity index (χ0v) is 7.06. The lowest BCUT2D eigenvalue weighted by molar-refractivity contribution is -0.125. The lowest BCUT2D eigenvalue weighted by Crippen LogP contribution is -2.06. The standard InChI is InChI=1S/C9H10O4/c1-5(10)9(13)6-2-3-7(11)8(12)4-6/h2-4,9,11-13H,1H3/t9-/m1/s1. The second kappa shape index (κ2) is 3.45. The number of rotatable bonds is 2. The summed E-state index contributed by atoms with van der Waals surface area (Å²) < 4.78 is 0. The number of hydrogen-bond donors (Lipinski definition) is 3. The quantitative estimate of drug-likeness (QED) is 0.589. The highest BCUT2D eigenvalue weighted by atomic mass is 16.3. The Kier molecular flexibility index (Phi) is 2.53. The van der Waals surface area contributed by atoms with Gasteiger partial charge in [-0.2, -0.15) is 0 Å². The molecule has 0 fully saturated rings. The van der Waals surface area contributed by atoms with Gasteiger partial charge in [0.1, 0.15) is 6.10 Å². The highest BCUT2D eigenvalue weighted by Gasteiger charge is 2.13. The van der Waals surface area contributed by atoms with Crippen molar-refractivity contribution in [2.45, 2.75) is 13.0 Å². The molecule has 4 nitrogen and oxygen atoms in total. The molecule has 0 saturated heterocycles. The summed E-state index contributed by atoms with van der Waals surface area (Å²) in [6.07, 6.45) is -1.24. The number of benzene rings is 1. The van der Waals surface area contributed by atoms with Crippen LogP contribution in [0.2, 0.25) is 0 Å². The maximum absolute atomic E-state index is 10.7. The van der Waals surface area contributed by atoms with Gasteiger partial charge in [0.25, 0.3) is 0 Å². The number of aliphatic hydroxyl groups is 1. The molecule has 13 heavy (non-hydrogen) atoms. The number of phenolic OH excluding ortho intramolecular Hbond substituents is 2. The molecule has 0 bridgehead atoms. The van der Waals surface area contributed by atoms with Gasteiger partial charge in [0.15, 0.2) is 17.3 Å². The van der Waals surface area contributed by atoms with Crippen LogP contribution in [-0.4, -0.2) is 21.1 Å². The number of carbonyl (C=O) groups is 1. The number of aliphatic hydroxyl groups excluding tert-OH is 1. The van der Waals surface area contributed by atoms with Crippen molar-refractivity contribution in [2.24, 2.45) is 0 Å². The molecule has 0 amide bonds. The van der Waals surface area contributed by atoms with Gasteiger partial charge in [0.2, 0.25) is 0 Å². The van der Waals surface area contributed by atoms with Crippen molar-refractivity contribution in [1.29, 1.82) is 0 Å². The Labute approximate surface area is 75.1 Å². The molecule has 1 aromatic rings. The SMILES string of the molecule is CC(=O)[C@@H](O)c1ccc(O)c(O)c1. The minimum Gasteiger partial charge on any atom is -0.504 e. The van der Waals surface area contributed by atoms with Gasteiger partial charge >= 0.3 is 0 Å². The highest BCUT2D eigenvalue weighted by Crippen LogP contribution is 2.27. The molecule has 3 N–H and O–H groups in total. The van der Waals surface area contributed by atoms with Gasteiger partial charge < -0.3 is 15.3 Å². The molecule has 0 unspecified atom stereocenters. The fourth-order valence-corrected chi connectivity index (χ4v) is 0.945. The molecule has 4 heteroatoms. The van der Waals surface area contributed by atoms with Crippen molar-refractivity contribution >= 4 is 5.78 Å². The molecule has 0 spiro atoms. The Balaban J connectivity index is 3.03. The van der Waals surface area contributed by atoms with Crippen LogP contribution in [0.3, 0.4) is 0 Å². The summed E-state index contributed by atoms with van der Waals surface area (Å²) in [6.45, 7) is 1.24. The molecule has 0 aliphatic heterocycles. The van der Waals surface area contributed by atoms with E-state index in [1.165, 1.54) is 19.1 Å². The number of hydrogen-bond acceptors (Lipinski definition) is 4. The third-order valence-corrected chi connectivity index (χ3v) is 1.70. The first-order valence-electron chi connectivity index (χ1n) is 3.72. The van der Waals surface area contributed by atoms with Gasteiger partial charge in [-0.1, -0.05) is 6.07 Å². The average molecular weight is 182 g/mol. The van der Waals surface area contributed by atoms with Gasteiger partial charge in [-0.15, -0.1) is 0 Å². The highest BCUT2D eigenvalue weighted by molar-refractivity contribution is 5.81. The number of Topliss-reactive ketones (excluding diaryl/α,β-unsaturated/α-hetero) is 1. The Hall–Kier alpha value is -1.55. The van der Waals surface area contributed by atoms with E-state index < -0.39 is 11.9 Å². The maximum atomic E-state index is 10.7. The van der Waals surface area contributed by atoms with E-state index in [1.807, 2.05) is 0 Å². The normalized spacial score (nSPS) is 12.5. The monoisotopic (exact) mass is 182 g/mol. The van der Waals surface area contributed by atoms with Crippen LogP contribution in [0.4, 0.5) is 0 Å². The van der Waals surface area contributed by atoms with Crippen LogP contribution < -0.4 is 0 Å². The molecule has 0 aliphatic carbocycles. The largest absolute Gasteiger partial charge is 0.504 e. The number of phenols is 2. The number of carbonyl (C=O) groups excluding carboxylic acids is 1. The third kappa shape index (κ3) is 1.97. The van der Waals surface area contributed by atoms with Crippen molar-refractivity contribution in [3.05, 3.63) is 23.8 Å². The van der Waals surface area contributed by atoms with Gasteiger partial charge in [-0.05, 0) is 24.6 Å². The summed E-state index contributed by atoms with van der Waals surface area (Å²) in [4.78, 5) is 10.7. The van der Waals surface area contributed by atoms with Crippen LogP contribution in [0.5, 0.6) is 11.5 Å². The molecular weight excluding hydrogens is 172 g/mol. The van der Waals surface area contributed by atoms with Gasteiger partial charge in [0.05, 0.1) is 0 Å². The number of aromatic hydroxyl groups is 2. The smallest absolute Gasteiger partial charge is 0.162 e. The van der Waals surface area contributed by atoms with Crippen LogP contribution >= 0.6 is 0 Å². The van der Waals surface area contributed by atoms with E-state index in [-0.39, 0.29) is 17.1 Å². The maximum Gasteiger partial charge on any atom is 0.162 e. The molecule has 70 valence electrons. The fourth-order valence-electron chi connectivity index (χ4n) is 0.945. The predicted molar refractivity (Wildman–Crippen MR) is 45.4 cm³/mol. The van der Waals surface area contributed by atoms with E-state index in [9.17, 15) is 9.90 Å². The van der Waals surface area contributed by atoms with Crippen molar-refractivity contribution in [3.8, 4) is 11.5 Å². The molecule has 1 rings (SSSR count). The van der Waals surface area contributed by atoms with Crippen molar-refractivity contribution in [1.82, 2.24) is 0 Å². The van der Waals surface area contributed by atoms with Crippen LogP contribution in [0.25, 0.3) is 0 Å². The van der Waals surface area contributed by atoms with Crippen molar-refractivity contribution in [3.63, 3.8) is 0 Å². The summed E-state index contributed by atoms with van der Waals surface area (Å²) in [5.74, 6) is -1.04. The van der Waals surface area contributed by atoms with Crippen LogP contribution in [0, 0.1) is 0 Å². The number of ketones is 1. The molecule has 1 atom stereocenters. The zero-order valence-electron chi connectivity index (χ0n) is 7.06. The lowest BCUT2D eigenvalue weighted by Gasteiger charge is -2.07. The third-order valence-electron chi connectivity index (χ3n) is 1.70. The van der Waals surface area contributed by atoms with E-state index in [4.69, 9.17) is 10.2 Å². The fraction of sp³-hybridized carbons (Fsp3) is 0.222. The molecule has 0 radical (unpaired) electrons.